The second-order valence-corrected chi connectivity index (χ2v) is 10.2. The second-order valence-electron chi connectivity index (χ2n) is 10.2. The molecule has 3 aromatic heterocycles. The number of imidazole rings is 1. The standard InChI is InChI=1S/C29H26F3N9O3/c1-17(26-36-24(37-44-26)16-38(3)4)35-27(42)40-25(23-12-13-34-41(23)21-10-8-19(15-33)9-11-21)18(2)39(28(40)43)22-7-5-6-20(14-22)29(30,31)32/h5-14,17H,16H2,1-4H3,(H,35,42)/t17-/m0/s1. The van der Waals surface area contributed by atoms with E-state index in [4.69, 9.17) is 4.52 Å². The van der Waals surface area contributed by atoms with Crippen molar-refractivity contribution in [3.05, 3.63) is 99.8 Å². The van der Waals surface area contributed by atoms with Crippen molar-refractivity contribution in [3.8, 4) is 28.8 Å². The Kier molecular flexibility index (Phi) is 7.94. The van der Waals surface area contributed by atoms with Crippen molar-refractivity contribution >= 4 is 6.03 Å². The maximum Gasteiger partial charge on any atom is 0.416 e. The highest BCUT2D eigenvalue weighted by molar-refractivity contribution is 5.83. The summed E-state index contributed by atoms with van der Waals surface area (Å²) in [4.78, 5) is 33.9. The molecule has 0 aliphatic rings. The number of aromatic nitrogens is 6. The number of benzene rings is 2. The molecule has 44 heavy (non-hydrogen) atoms. The number of nitriles is 1. The Hall–Kier alpha value is -5.49. The molecule has 226 valence electrons. The highest BCUT2D eigenvalue weighted by Crippen LogP contribution is 2.32. The molecule has 0 aliphatic heterocycles. The van der Waals surface area contributed by atoms with Gasteiger partial charge in [0.2, 0.25) is 5.89 Å². The molecule has 1 N–H and O–H groups in total. The van der Waals surface area contributed by atoms with Crippen LogP contribution in [0.3, 0.4) is 0 Å². The first kappa shape index (κ1) is 30.0. The topological polar surface area (TPSA) is 140 Å². The first-order chi connectivity index (χ1) is 20.9. The van der Waals surface area contributed by atoms with Crippen LogP contribution >= 0.6 is 0 Å². The van der Waals surface area contributed by atoms with Gasteiger partial charge in [0.05, 0.1) is 52.7 Å². The molecule has 12 nitrogen and oxygen atoms in total. The van der Waals surface area contributed by atoms with Crippen LogP contribution < -0.4 is 11.0 Å². The van der Waals surface area contributed by atoms with Gasteiger partial charge in [-0.05, 0) is 76.5 Å². The molecule has 0 aliphatic carbocycles. The highest BCUT2D eigenvalue weighted by atomic mass is 19.4. The van der Waals surface area contributed by atoms with E-state index in [1.54, 1.807) is 37.3 Å². The molecule has 0 unspecified atom stereocenters. The van der Waals surface area contributed by atoms with Crippen LogP contribution in [0.4, 0.5) is 18.0 Å². The van der Waals surface area contributed by atoms with Gasteiger partial charge in [0.15, 0.2) is 5.82 Å². The second kappa shape index (κ2) is 11.7. The van der Waals surface area contributed by atoms with Gasteiger partial charge in [0.25, 0.3) is 0 Å². The van der Waals surface area contributed by atoms with Gasteiger partial charge in [-0.3, -0.25) is 4.57 Å². The molecule has 0 fully saturated rings. The molecular formula is C29H26F3N9O3. The predicted octanol–water partition coefficient (Wildman–Crippen LogP) is 4.45. The molecule has 0 radical (unpaired) electrons. The van der Waals surface area contributed by atoms with E-state index in [1.807, 2.05) is 25.1 Å². The van der Waals surface area contributed by atoms with E-state index in [0.29, 0.717) is 29.3 Å². The van der Waals surface area contributed by atoms with E-state index in [9.17, 15) is 28.0 Å². The zero-order chi connectivity index (χ0) is 31.8. The molecule has 0 spiro atoms. The van der Waals surface area contributed by atoms with Crippen LogP contribution in [0.15, 0.2) is 70.1 Å². The van der Waals surface area contributed by atoms with Crippen molar-refractivity contribution in [1.82, 2.24) is 39.3 Å². The summed E-state index contributed by atoms with van der Waals surface area (Å²) in [6.07, 6.45) is -3.20. The lowest BCUT2D eigenvalue weighted by Gasteiger charge is -2.13. The Bertz CT molecular complexity index is 1930. The van der Waals surface area contributed by atoms with Crippen molar-refractivity contribution in [2.24, 2.45) is 0 Å². The number of nitrogens with one attached hydrogen (secondary N) is 1. The van der Waals surface area contributed by atoms with E-state index in [1.165, 1.54) is 29.9 Å². The van der Waals surface area contributed by atoms with Crippen LogP contribution in [-0.2, 0) is 12.7 Å². The molecule has 0 bridgehead atoms. The van der Waals surface area contributed by atoms with Crippen molar-refractivity contribution in [2.45, 2.75) is 32.6 Å². The summed E-state index contributed by atoms with van der Waals surface area (Å²) in [5.41, 5.74) is -0.469. The van der Waals surface area contributed by atoms with Gasteiger partial charge in [-0.25, -0.2) is 18.8 Å². The maximum absolute atomic E-state index is 13.9. The van der Waals surface area contributed by atoms with E-state index in [0.717, 1.165) is 21.3 Å². The molecule has 5 rings (SSSR count). The lowest BCUT2D eigenvalue weighted by Crippen LogP contribution is -2.38. The normalized spacial score (nSPS) is 12.3. The fourth-order valence-electron chi connectivity index (χ4n) is 4.69. The van der Waals surface area contributed by atoms with Crippen LogP contribution in [-0.4, -0.2) is 54.1 Å². The van der Waals surface area contributed by atoms with Crippen molar-refractivity contribution in [2.75, 3.05) is 14.1 Å². The summed E-state index contributed by atoms with van der Waals surface area (Å²) in [6, 6.07) is 12.6. The van der Waals surface area contributed by atoms with E-state index in [2.05, 4.69) is 20.6 Å². The Morgan fingerprint density at radius 2 is 1.86 bits per heavy atom. The van der Waals surface area contributed by atoms with Gasteiger partial charge in [-0.15, -0.1) is 0 Å². The molecule has 1 amide bonds. The number of hydrogen-bond donors (Lipinski definition) is 1. The van der Waals surface area contributed by atoms with E-state index < -0.39 is 29.5 Å². The number of carbonyl (C=O) groups excluding carboxylic acids is 1. The van der Waals surface area contributed by atoms with Crippen LogP contribution in [0.5, 0.6) is 0 Å². The first-order valence-corrected chi connectivity index (χ1v) is 13.2. The number of halogens is 3. The summed E-state index contributed by atoms with van der Waals surface area (Å²) in [5, 5.41) is 20.1. The fourth-order valence-corrected chi connectivity index (χ4v) is 4.69. The quantitative estimate of drug-likeness (QED) is 0.287. The molecule has 1 atom stereocenters. The van der Waals surface area contributed by atoms with Gasteiger partial charge in [-0.2, -0.15) is 28.5 Å². The summed E-state index contributed by atoms with van der Waals surface area (Å²) in [6.45, 7) is 3.51. The van der Waals surface area contributed by atoms with Gasteiger partial charge in [0.1, 0.15) is 11.7 Å². The van der Waals surface area contributed by atoms with Gasteiger partial charge in [0, 0.05) is 0 Å². The number of rotatable bonds is 7. The minimum absolute atomic E-state index is 0.0813. The van der Waals surface area contributed by atoms with Crippen molar-refractivity contribution in [3.63, 3.8) is 0 Å². The number of amides is 1. The highest BCUT2D eigenvalue weighted by Gasteiger charge is 2.32. The van der Waals surface area contributed by atoms with Crippen molar-refractivity contribution < 1.29 is 22.5 Å². The Morgan fingerprint density at radius 1 is 1.14 bits per heavy atom. The number of carbonyl (C=O) groups is 1. The summed E-state index contributed by atoms with van der Waals surface area (Å²) in [5.74, 6) is 0.489. The van der Waals surface area contributed by atoms with Crippen LogP contribution in [0.1, 0.15) is 41.5 Å². The van der Waals surface area contributed by atoms with Gasteiger partial charge in [-0.1, -0.05) is 11.2 Å². The van der Waals surface area contributed by atoms with Crippen LogP contribution in [0, 0.1) is 18.3 Å². The Morgan fingerprint density at radius 3 is 2.52 bits per heavy atom. The van der Waals surface area contributed by atoms with E-state index >= 15 is 0 Å². The SMILES string of the molecule is Cc1c(-c2ccnn2-c2ccc(C#N)cc2)n(C(=O)N[C@@H](C)c2nc(CN(C)C)no2)c(=O)n1-c1cccc(C(F)(F)F)c1. The summed E-state index contributed by atoms with van der Waals surface area (Å²) in [7, 11) is 3.66. The van der Waals surface area contributed by atoms with Crippen LogP contribution in [0.2, 0.25) is 0 Å². The number of nitrogens with zero attached hydrogens (tertiary/aromatic N) is 8. The molecule has 3 heterocycles. The minimum atomic E-state index is -4.66. The third kappa shape index (κ3) is 5.75. The lowest BCUT2D eigenvalue weighted by atomic mass is 10.2. The zero-order valence-electron chi connectivity index (χ0n) is 24.0. The molecule has 0 saturated carbocycles. The fraction of sp³-hybridized carbons (Fsp3) is 0.241. The molecule has 0 saturated heterocycles. The monoisotopic (exact) mass is 605 g/mol. The van der Waals surface area contributed by atoms with Gasteiger partial charge < -0.3 is 14.7 Å². The number of alkyl halides is 3. The average Bonchev–Trinajstić information content (AvgIpc) is 3.70. The largest absolute Gasteiger partial charge is 0.416 e. The third-order valence-electron chi connectivity index (χ3n) is 6.70. The van der Waals surface area contributed by atoms with Crippen molar-refractivity contribution in [1.29, 1.82) is 5.26 Å². The zero-order valence-corrected chi connectivity index (χ0v) is 24.0. The molecule has 2 aromatic carbocycles. The smallest absolute Gasteiger partial charge is 0.337 e. The molecule has 5 aromatic rings. The predicted molar refractivity (Wildman–Crippen MR) is 151 cm³/mol. The third-order valence-corrected chi connectivity index (χ3v) is 6.70. The minimum Gasteiger partial charge on any atom is -0.337 e. The summed E-state index contributed by atoms with van der Waals surface area (Å²) < 4.78 is 49.4. The molecular weight excluding hydrogens is 579 g/mol. The van der Waals surface area contributed by atoms with E-state index in [-0.39, 0.29) is 23.0 Å². The summed E-state index contributed by atoms with van der Waals surface area (Å²) >= 11 is 0. The molecule has 15 heteroatoms. The number of hydrogen-bond acceptors (Lipinski definition) is 8. The first-order valence-electron chi connectivity index (χ1n) is 13.2. The maximum atomic E-state index is 13.9. The average molecular weight is 606 g/mol. The van der Waals surface area contributed by atoms with Gasteiger partial charge >= 0.3 is 17.9 Å². The van der Waals surface area contributed by atoms with Crippen LogP contribution in [0.25, 0.3) is 22.8 Å². The lowest BCUT2D eigenvalue weighted by molar-refractivity contribution is -0.137. The Labute approximate surface area is 248 Å². The Balaban J connectivity index is 1.65.